The Balaban J connectivity index is 1.52. The molecule has 10 nitrogen and oxygen atoms in total. The minimum atomic E-state index is -3.82. The van der Waals surface area contributed by atoms with Gasteiger partial charge in [-0.2, -0.15) is 18.5 Å². The van der Waals surface area contributed by atoms with E-state index >= 15 is 0 Å². The molecular formula is C24H29N7O3S. The molecule has 0 bridgehead atoms. The van der Waals surface area contributed by atoms with Crippen molar-refractivity contribution in [2.24, 2.45) is 7.05 Å². The quantitative estimate of drug-likeness (QED) is 0.405. The van der Waals surface area contributed by atoms with Crippen molar-refractivity contribution in [3.8, 4) is 17.4 Å². The molecule has 0 saturated carbocycles. The van der Waals surface area contributed by atoms with E-state index < -0.39 is 10.0 Å². The van der Waals surface area contributed by atoms with E-state index in [4.69, 9.17) is 4.74 Å². The Morgan fingerprint density at radius 2 is 1.69 bits per heavy atom. The average Bonchev–Trinajstić information content (AvgIpc) is 3.30. The van der Waals surface area contributed by atoms with Crippen molar-refractivity contribution >= 4 is 15.7 Å². The highest BCUT2D eigenvalue weighted by atomic mass is 32.2. The molecule has 11 heteroatoms. The number of nitrogens with one attached hydrogen (secondary N) is 1. The molecule has 0 amide bonds. The van der Waals surface area contributed by atoms with Gasteiger partial charge in [-0.3, -0.25) is 4.72 Å². The van der Waals surface area contributed by atoms with E-state index in [0.29, 0.717) is 34.8 Å². The Labute approximate surface area is 205 Å². The second kappa shape index (κ2) is 9.14. The number of aryl methyl sites for hydroxylation is 3. The van der Waals surface area contributed by atoms with Gasteiger partial charge in [-0.25, -0.2) is 14.6 Å². The fourth-order valence-electron chi connectivity index (χ4n) is 3.67. The zero-order valence-corrected chi connectivity index (χ0v) is 21.7. The monoisotopic (exact) mass is 495 g/mol. The normalized spacial score (nSPS) is 11.8. The Hall–Kier alpha value is -3.73. The van der Waals surface area contributed by atoms with E-state index in [0.717, 1.165) is 17.0 Å². The lowest BCUT2D eigenvalue weighted by molar-refractivity contribution is 0.459. The molecule has 0 unspecified atom stereocenters. The van der Waals surface area contributed by atoms with E-state index in [1.54, 1.807) is 53.6 Å². The number of nitrogens with zero attached hydrogens (tertiary/aromatic N) is 6. The second-order valence-corrected chi connectivity index (χ2v) is 10.4. The van der Waals surface area contributed by atoms with Gasteiger partial charge < -0.3 is 9.30 Å². The van der Waals surface area contributed by atoms with Crippen molar-refractivity contribution in [1.29, 1.82) is 0 Å². The van der Waals surface area contributed by atoms with Crippen LogP contribution in [0.2, 0.25) is 0 Å². The van der Waals surface area contributed by atoms with Crippen LogP contribution in [0.3, 0.4) is 0 Å². The maximum atomic E-state index is 12.8. The molecule has 4 aromatic rings. The third-order valence-corrected chi connectivity index (χ3v) is 6.93. The minimum Gasteiger partial charge on any atom is -0.439 e. The third kappa shape index (κ3) is 5.04. The highest BCUT2D eigenvalue weighted by Gasteiger charge is 2.21. The molecule has 3 heterocycles. The van der Waals surface area contributed by atoms with Crippen LogP contribution in [0.15, 0.2) is 41.6 Å². The average molecular weight is 496 g/mol. The maximum Gasteiger partial charge on any atom is 0.280 e. The Bertz CT molecular complexity index is 1490. The van der Waals surface area contributed by atoms with E-state index in [2.05, 4.69) is 24.8 Å². The predicted octanol–water partition coefficient (Wildman–Crippen LogP) is 4.35. The number of sulfonamides is 1. The van der Waals surface area contributed by atoms with Gasteiger partial charge in [0, 0.05) is 36.6 Å². The second-order valence-electron chi connectivity index (χ2n) is 8.75. The van der Waals surface area contributed by atoms with Crippen LogP contribution in [0.25, 0.3) is 5.82 Å². The summed E-state index contributed by atoms with van der Waals surface area (Å²) in [5.41, 5.74) is 3.43. The molecule has 3 aromatic heterocycles. The predicted molar refractivity (Wildman–Crippen MR) is 133 cm³/mol. The van der Waals surface area contributed by atoms with E-state index in [1.165, 1.54) is 6.20 Å². The van der Waals surface area contributed by atoms with Gasteiger partial charge >= 0.3 is 0 Å². The molecule has 0 aliphatic heterocycles. The SMILES string of the molecule is Cc1nc(Oc2ccc(NS(=O)(=O)c3cn(C)c(C(C)C)n3)cc2)cc(-n2nc(C)c(C)c2C)n1. The third-order valence-electron chi connectivity index (χ3n) is 5.68. The zero-order chi connectivity index (χ0) is 25.5. The van der Waals surface area contributed by atoms with Crippen LogP contribution >= 0.6 is 0 Å². The first kappa shape index (κ1) is 24.4. The van der Waals surface area contributed by atoms with E-state index in [-0.39, 0.29) is 10.9 Å². The standard InChI is InChI=1S/C24H29N7O3S/c1-14(2)24-27-23(13-30(24)7)35(32,33)29-19-8-10-20(11-9-19)34-22-12-21(25-18(6)26-22)31-17(5)15(3)16(4)28-31/h8-14,29H,1-7H3. The molecule has 0 fully saturated rings. The Morgan fingerprint density at radius 1 is 1.00 bits per heavy atom. The van der Waals surface area contributed by atoms with Gasteiger partial charge in [-0.1, -0.05) is 13.8 Å². The van der Waals surface area contributed by atoms with Gasteiger partial charge in [0.1, 0.15) is 17.4 Å². The number of imidazole rings is 1. The number of rotatable bonds is 7. The summed E-state index contributed by atoms with van der Waals surface area (Å²) >= 11 is 0. The molecule has 0 spiro atoms. The molecule has 0 aliphatic carbocycles. The van der Waals surface area contributed by atoms with Crippen LogP contribution in [0, 0.1) is 27.7 Å². The molecule has 0 aliphatic rings. The lowest BCUT2D eigenvalue weighted by Gasteiger charge is -2.10. The molecule has 35 heavy (non-hydrogen) atoms. The number of aromatic nitrogens is 6. The van der Waals surface area contributed by atoms with Crippen LogP contribution in [-0.2, 0) is 17.1 Å². The van der Waals surface area contributed by atoms with Crippen molar-refractivity contribution in [3.05, 3.63) is 65.1 Å². The van der Waals surface area contributed by atoms with Gasteiger partial charge in [-0.05, 0) is 57.5 Å². The topological polar surface area (TPSA) is 117 Å². The Kier molecular flexibility index (Phi) is 6.37. The summed E-state index contributed by atoms with van der Waals surface area (Å²) in [6.45, 7) is 11.7. The summed E-state index contributed by atoms with van der Waals surface area (Å²) in [6.07, 6.45) is 1.51. The van der Waals surface area contributed by atoms with Gasteiger partial charge in [0.25, 0.3) is 10.0 Å². The fraction of sp³-hybridized carbons (Fsp3) is 0.333. The first-order valence-electron chi connectivity index (χ1n) is 11.2. The smallest absolute Gasteiger partial charge is 0.280 e. The van der Waals surface area contributed by atoms with Crippen LogP contribution in [0.5, 0.6) is 11.6 Å². The van der Waals surface area contributed by atoms with Crippen molar-refractivity contribution in [2.45, 2.75) is 52.5 Å². The van der Waals surface area contributed by atoms with Crippen molar-refractivity contribution in [3.63, 3.8) is 0 Å². The molecule has 184 valence electrons. The van der Waals surface area contributed by atoms with Gasteiger partial charge in [0.15, 0.2) is 10.8 Å². The molecule has 0 saturated heterocycles. The number of benzene rings is 1. The summed E-state index contributed by atoms with van der Waals surface area (Å²) in [6, 6.07) is 8.30. The van der Waals surface area contributed by atoms with Crippen LogP contribution in [-0.4, -0.2) is 37.7 Å². The Morgan fingerprint density at radius 3 is 2.26 bits per heavy atom. The largest absolute Gasteiger partial charge is 0.439 e. The number of hydrogen-bond acceptors (Lipinski definition) is 7. The lowest BCUT2D eigenvalue weighted by atomic mass is 10.2. The summed E-state index contributed by atoms with van der Waals surface area (Å²) in [4.78, 5) is 13.1. The van der Waals surface area contributed by atoms with Crippen molar-refractivity contribution in [2.75, 3.05) is 4.72 Å². The van der Waals surface area contributed by atoms with Gasteiger partial charge in [0.05, 0.1) is 5.69 Å². The fourth-order valence-corrected chi connectivity index (χ4v) is 4.73. The number of ether oxygens (including phenoxy) is 1. The summed E-state index contributed by atoms with van der Waals surface area (Å²) in [5, 5.41) is 4.53. The van der Waals surface area contributed by atoms with E-state index in [1.807, 2.05) is 34.6 Å². The lowest BCUT2D eigenvalue weighted by Crippen LogP contribution is -2.13. The van der Waals surface area contributed by atoms with Gasteiger partial charge in [-0.15, -0.1) is 0 Å². The molecule has 0 atom stereocenters. The van der Waals surface area contributed by atoms with Crippen LogP contribution < -0.4 is 9.46 Å². The minimum absolute atomic E-state index is 0.0209. The zero-order valence-electron chi connectivity index (χ0n) is 20.9. The van der Waals surface area contributed by atoms with Crippen molar-refractivity contribution in [1.82, 2.24) is 29.3 Å². The maximum absolute atomic E-state index is 12.8. The highest BCUT2D eigenvalue weighted by molar-refractivity contribution is 7.92. The van der Waals surface area contributed by atoms with Gasteiger partial charge in [0.2, 0.25) is 5.88 Å². The van der Waals surface area contributed by atoms with Crippen LogP contribution in [0.4, 0.5) is 5.69 Å². The van der Waals surface area contributed by atoms with Crippen LogP contribution in [0.1, 0.15) is 48.4 Å². The number of hydrogen-bond donors (Lipinski definition) is 1. The first-order chi connectivity index (χ1) is 16.4. The molecule has 1 N–H and O–H groups in total. The summed E-state index contributed by atoms with van der Waals surface area (Å²) < 4.78 is 37.6. The van der Waals surface area contributed by atoms with Crippen molar-refractivity contribution < 1.29 is 13.2 Å². The first-order valence-corrected chi connectivity index (χ1v) is 12.7. The summed E-state index contributed by atoms with van der Waals surface area (Å²) in [5.74, 6) is 2.83. The molecule has 0 radical (unpaired) electrons. The molecule has 1 aromatic carbocycles. The highest BCUT2D eigenvalue weighted by Crippen LogP contribution is 2.25. The number of anilines is 1. The molecular weight excluding hydrogens is 466 g/mol. The summed E-state index contributed by atoms with van der Waals surface area (Å²) in [7, 11) is -2.04. The molecule has 4 rings (SSSR count). The van der Waals surface area contributed by atoms with E-state index in [9.17, 15) is 8.42 Å².